The number of sulfone groups is 1. The number of thioether (sulfide) groups is 1. The van der Waals surface area contributed by atoms with Crippen molar-refractivity contribution >= 4 is 39.1 Å². The van der Waals surface area contributed by atoms with Crippen molar-refractivity contribution in [2.45, 2.75) is 42.8 Å². The second-order valence-corrected chi connectivity index (χ2v) is 9.64. The van der Waals surface area contributed by atoms with Gasteiger partial charge in [0.2, 0.25) is 0 Å². The van der Waals surface area contributed by atoms with Gasteiger partial charge in [-0.2, -0.15) is 0 Å². The SMILES string of the molecule is C=C(NC(=O)C(OC1CCCC1)c1ccc(S(C)(=O)=O)c(Cl)c1)S/C=C\N. The number of ether oxygens (including phenoxy) is 1. The van der Waals surface area contributed by atoms with Crippen LogP contribution in [0.1, 0.15) is 37.4 Å². The van der Waals surface area contributed by atoms with E-state index in [1.807, 2.05) is 0 Å². The summed E-state index contributed by atoms with van der Waals surface area (Å²) >= 11 is 7.32. The maximum Gasteiger partial charge on any atom is 0.258 e. The molecule has 6 nitrogen and oxygen atoms in total. The van der Waals surface area contributed by atoms with Crippen LogP contribution in [0.4, 0.5) is 0 Å². The zero-order valence-electron chi connectivity index (χ0n) is 15.0. The number of carbonyl (C=O) groups is 1. The Balaban J connectivity index is 2.27. The lowest BCUT2D eigenvalue weighted by Crippen LogP contribution is -2.31. The predicted molar refractivity (Wildman–Crippen MR) is 109 cm³/mol. The fraction of sp³-hybridized carbons (Fsp3) is 0.389. The standard InChI is InChI=1S/C18H23ClN2O4S2/c1-12(26-10-9-20)21-18(22)17(25-14-5-3-4-6-14)13-7-8-16(15(19)11-13)27(2,23)24/h7-11,14,17H,1,3-6,20H2,2H3,(H,21,22)/b10-9-. The smallest absolute Gasteiger partial charge is 0.258 e. The molecule has 1 saturated carbocycles. The molecule has 0 aliphatic heterocycles. The van der Waals surface area contributed by atoms with Gasteiger partial charge in [0, 0.05) is 12.5 Å². The largest absolute Gasteiger partial charge is 0.404 e. The number of halogens is 1. The highest BCUT2D eigenvalue weighted by atomic mass is 35.5. The van der Waals surface area contributed by atoms with E-state index in [2.05, 4.69) is 11.9 Å². The lowest BCUT2D eigenvalue weighted by Gasteiger charge is -2.22. The second kappa shape index (κ2) is 9.64. The predicted octanol–water partition coefficient (Wildman–Crippen LogP) is 3.49. The van der Waals surface area contributed by atoms with E-state index in [1.165, 1.54) is 30.1 Å². The summed E-state index contributed by atoms with van der Waals surface area (Å²) in [6.07, 6.45) is 5.34. The number of nitrogens with two attached hydrogens (primary N) is 1. The molecule has 2 rings (SSSR count). The molecule has 148 valence electrons. The Morgan fingerprint density at radius 2 is 2.11 bits per heavy atom. The van der Waals surface area contributed by atoms with Crippen molar-refractivity contribution in [3.63, 3.8) is 0 Å². The van der Waals surface area contributed by atoms with Crippen molar-refractivity contribution in [3.8, 4) is 0 Å². The normalized spacial score (nSPS) is 16.5. The number of benzene rings is 1. The van der Waals surface area contributed by atoms with Crippen LogP contribution in [0.2, 0.25) is 5.02 Å². The van der Waals surface area contributed by atoms with Gasteiger partial charge in [0.25, 0.3) is 5.91 Å². The molecule has 0 saturated heterocycles. The lowest BCUT2D eigenvalue weighted by atomic mass is 10.1. The number of hydrogen-bond donors (Lipinski definition) is 2. The fourth-order valence-corrected chi connectivity index (χ4v) is 4.58. The zero-order chi connectivity index (χ0) is 20.0. The highest BCUT2D eigenvalue weighted by molar-refractivity contribution is 8.05. The number of rotatable bonds is 8. The number of amides is 1. The van der Waals surface area contributed by atoms with Crippen LogP contribution in [-0.2, 0) is 19.4 Å². The van der Waals surface area contributed by atoms with Crippen molar-refractivity contribution in [3.05, 3.63) is 52.0 Å². The summed E-state index contributed by atoms with van der Waals surface area (Å²) in [7, 11) is -3.46. The van der Waals surface area contributed by atoms with Crippen LogP contribution in [0.3, 0.4) is 0 Å². The van der Waals surface area contributed by atoms with Crippen LogP contribution in [0, 0.1) is 0 Å². The Kier molecular flexibility index (Phi) is 7.79. The molecule has 27 heavy (non-hydrogen) atoms. The van der Waals surface area contributed by atoms with E-state index in [0.29, 0.717) is 10.6 Å². The van der Waals surface area contributed by atoms with E-state index >= 15 is 0 Å². The summed E-state index contributed by atoms with van der Waals surface area (Å²) < 4.78 is 29.6. The highest BCUT2D eigenvalue weighted by Crippen LogP contribution is 2.31. The number of nitrogens with one attached hydrogen (secondary N) is 1. The van der Waals surface area contributed by atoms with Crippen LogP contribution < -0.4 is 11.1 Å². The van der Waals surface area contributed by atoms with Gasteiger partial charge >= 0.3 is 0 Å². The summed E-state index contributed by atoms with van der Waals surface area (Å²) in [6, 6.07) is 4.41. The molecule has 1 aromatic rings. The van der Waals surface area contributed by atoms with Gasteiger partial charge in [-0.25, -0.2) is 8.42 Å². The van der Waals surface area contributed by atoms with E-state index in [-0.39, 0.29) is 16.0 Å². The van der Waals surface area contributed by atoms with Crippen LogP contribution in [0.25, 0.3) is 0 Å². The number of hydrogen-bond acceptors (Lipinski definition) is 6. The molecule has 1 amide bonds. The van der Waals surface area contributed by atoms with Crippen molar-refractivity contribution in [2.24, 2.45) is 5.73 Å². The minimum atomic E-state index is -3.46. The van der Waals surface area contributed by atoms with Crippen LogP contribution in [0.15, 0.2) is 46.3 Å². The monoisotopic (exact) mass is 430 g/mol. The third kappa shape index (κ3) is 6.27. The minimum Gasteiger partial charge on any atom is -0.404 e. The fourth-order valence-electron chi connectivity index (χ4n) is 2.84. The van der Waals surface area contributed by atoms with E-state index in [9.17, 15) is 13.2 Å². The maximum absolute atomic E-state index is 12.8. The Labute approximate surface area is 169 Å². The van der Waals surface area contributed by atoms with Crippen LogP contribution >= 0.6 is 23.4 Å². The molecule has 0 spiro atoms. The molecule has 1 unspecified atom stereocenters. The van der Waals surface area contributed by atoms with E-state index < -0.39 is 21.8 Å². The molecule has 1 aliphatic rings. The molecular weight excluding hydrogens is 408 g/mol. The highest BCUT2D eigenvalue weighted by Gasteiger charge is 2.28. The molecule has 0 aromatic heterocycles. The minimum absolute atomic E-state index is 0.0148. The van der Waals surface area contributed by atoms with Crippen molar-refractivity contribution < 1.29 is 17.9 Å². The quantitative estimate of drug-likeness (QED) is 0.654. The summed E-state index contributed by atoms with van der Waals surface area (Å²) in [4.78, 5) is 12.8. The van der Waals surface area contributed by atoms with Crippen LogP contribution in [0.5, 0.6) is 0 Å². The molecule has 1 aromatic carbocycles. The first-order valence-corrected chi connectivity index (χ1v) is 11.6. The van der Waals surface area contributed by atoms with E-state index in [0.717, 1.165) is 31.9 Å². The molecule has 1 fully saturated rings. The van der Waals surface area contributed by atoms with Crippen molar-refractivity contribution in [1.82, 2.24) is 5.32 Å². The van der Waals surface area contributed by atoms with Crippen molar-refractivity contribution in [2.75, 3.05) is 6.26 Å². The topological polar surface area (TPSA) is 98.5 Å². The molecular formula is C18H23ClN2O4S2. The van der Waals surface area contributed by atoms with Gasteiger partial charge in [-0.05, 0) is 35.9 Å². The third-order valence-corrected chi connectivity index (χ3v) is 6.34. The van der Waals surface area contributed by atoms with Gasteiger partial charge in [-0.1, -0.05) is 48.8 Å². The van der Waals surface area contributed by atoms with E-state index in [4.69, 9.17) is 22.1 Å². The van der Waals surface area contributed by atoms with Gasteiger partial charge < -0.3 is 15.8 Å². The Hall–Kier alpha value is -1.48. The second-order valence-electron chi connectivity index (χ2n) is 6.24. The first-order valence-electron chi connectivity index (χ1n) is 8.40. The molecule has 0 bridgehead atoms. The first kappa shape index (κ1) is 21.8. The van der Waals surface area contributed by atoms with Gasteiger partial charge in [0.1, 0.15) is 0 Å². The summed E-state index contributed by atoms with van der Waals surface area (Å²) in [5.74, 6) is -0.395. The van der Waals surface area contributed by atoms with E-state index in [1.54, 1.807) is 11.5 Å². The zero-order valence-corrected chi connectivity index (χ0v) is 17.4. The molecule has 0 heterocycles. The summed E-state index contributed by atoms with van der Waals surface area (Å²) in [5.41, 5.74) is 5.78. The molecule has 1 aliphatic carbocycles. The number of carbonyl (C=O) groups excluding carboxylic acids is 1. The van der Waals surface area contributed by atoms with Gasteiger partial charge in [0.05, 0.1) is 21.1 Å². The van der Waals surface area contributed by atoms with Gasteiger partial charge in [0.15, 0.2) is 15.9 Å². The summed E-state index contributed by atoms with van der Waals surface area (Å²) in [6.45, 7) is 3.77. The van der Waals surface area contributed by atoms with Gasteiger partial charge in [-0.3, -0.25) is 4.79 Å². The molecule has 3 N–H and O–H groups in total. The average molecular weight is 431 g/mol. The summed E-state index contributed by atoms with van der Waals surface area (Å²) in [5, 5.41) is 4.74. The Morgan fingerprint density at radius 3 is 2.67 bits per heavy atom. The Morgan fingerprint density at radius 1 is 1.44 bits per heavy atom. The lowest BCUT2D eigenvalue weighted by molar-refractivity contribution is -0.136. The molecule has 1 atom stereocenters. The Bertz CT molecular complexity index is 834. The van der Waals surface area contributed by atoms with Crippen molar-refractivity contribution in [1.29, 1.82) is 0 Å². The maximum atomic E-state index is 12.8. The third-order valence-electron chi connectivity index (χ3n) is 4.08. The van der Waals surface area contributed by atoms with Crippen LogP contribution in [-0.4, -0.2) is 26.7 Å². The molecule has 9 heteroatoms. The van der Waals surface area contributed by atoms with Gasteiger partial charge in [-0.15, -0.1) is 0 Å². The average Bonchev–Trinajstić information content (AvgIpc) is 3.09. The molecule has 0 radical (unpaired) electrons. The first-order chi connectivity index (χ1) is 12.7.